The van der Waals surface area contributed by atoms with Gasteiger partial charge in [-0.3, -0.25) is 4.79 Å². The van der Waals surface area contributed by atoms with Gasteiger partial charge >= 0.3 is 0 Å². The fourth-order valence-electron chi connectivity index (χ4n) is 2.43. The van der Waals surface area contributed by atoms with E-state index >= 15 is 0 Å². The van der Waals surface area contributed by atoms with E-state index in [0.29, 0.717) is 37.0 Å². The predicted octanol–water partition coefficient (Wildman–Crippen LogP) is 4.58. The standard InChI is InChI=1S/C20H24ClO4P.Li/c1-4-23-13-14-25-26(17-11-9-16(10-12-17)24-5-2)20(22)19-15(3)7-6-8-18(19)21;/h6-12H,4-5,13-14H2,1-3H3;. The van der Waals surface area contributed by atoms with Crippen LogP contribution in [0.15, 0.2) is 42.5 Å². The first kappa shape index (κ1) is 24.2. The third-order valence-electron chi connectivity index (χ3n) is 3.65. The maximum absolute atomic E-state index is 13.2. The average molecular weight is 402 g/mol. The van der Waals surface area contributed by atoms with Crippen molar-refractivity contribution in [1.29, 1.82) is 0 Å². The Kier molecular flexibility index (Phi) is 11.3. The molecule has 2 aromatic carbocycles. The Morgan fingerprint density at radius 3 is 2.33 bits per heavy atom. The van der Waals surface area contributed by atoms with Crippen molar-refractivity contribution in [2.75, 3.05) is 26.4 Å². The van der Waals surface area contributed by atoms with Crippen molar-refractivity contribution in [3.63, 3.8) is 0 Å². The van der Waals surface area contributed by atoms with Crippen LogP contribution in [0.5, 0.6) is 5.75 Å². The number of rotatable bonds is 10. The van der Waals surface area contributed by atoms with Crippen molar-refractivity contribution in [2.24, 2.45) is 0 Å². The van der Waals surface area contributed by atoms with Gasteiger partial charge < -0.3 is 14.0 Å². The number of hydrogen-bond acceptors (Lipinski definition) is 4. The average Bonchev–Trinajstić information content (AvgIpc) is 2.63. The Labute approximate surface area is 179 Å². The Hall–Kier alpha value is -0.853. The summed E-state index contributed by atoms with van der Waals surface area (Å²) in [5.41, 5.74) is 1.27. The topological polar surface area (TPSA) is 44.8 Å². The minimum Gasteiger partial charge on any atom is -0.494 e. The molecule has 4 nitrogen and oxygen atoms in total. The summed E-state index contributed by atoms with van der Waals surface area (Å²) in [7, 11) is -1.52. The van der Waals surface area contributed by atoms with Crippen molar-refractivity contribution >= 4 is 49.4 Å². The molecule has 0 saturated heterocycles. The molecule has 1 unspecified atom stereocenters. The molecule has 1 atom stereocenters. The molecule has 0 fully saturated rings. The van der Waals surface area contributed by atoms with Gasteiger partial charge in [0, 0.05) is 36.3 Å². The normalized spacial score (nSPS) is 11.6. The minimum atomic E-state index is -1.52. The van der Waals surface area contributed by atoms with Crippen molar-refractivity contribution in [3.05, 3.63) is 58.6 Å². The van der Waals surface area contributed by atoms with Crippen LogP contribution in [0.1, 0.15) is 29.8 Å². The van der Waals surface area contributed by atoms with Gasteiger partial charge in [0.2, 0.25) is 5.52 Å². The number of ether oxygens (including phenoxy) is 2. The number of halogens is 1. The molecule has 0 aromatic heterocycles. The van der Waals surface area contributed by atoms with Crippen LogP contribution in [0.2, 0.25) is 5.02 Å². The number of carbonyl (C=O) groups excluding carboxylic acids is 1. The van der Waals surface area contributed by atoms with Crippen LogP contribution in [-0.4, -0.2) is 50.8 Å². The van der Waals surface area contributed by atoms with Gasteiger partial charge in [0.25, 0.3) is 0 Å². The summed E-state index contributed by atoms with van der Waals surface area (Å²) in [6.07, 6.45) is 0. The molecule has 0 spiro atoms. The molecule has 2 rings (SSSR count). The van der Waals surface area contributed by atoms with E-state index in [1.165, 1.54) is 0 Å². The maximum Gasteiger partial charge on any atom is 0.217 e. The van der Waals surface area contributed by atoms with E-state index in [-0.39, 0.29) is 24.4 Å². The third-order valence-corrected chi connectivity index (χ3v) is 5.77. The van der Waals surface area contributed by atoms with E-state index in [0.717, 1.165) is 16.6 Å². The molecule has 2 aromatic rings. The van der Waals surface area contributed by atoms with Gasteiger partial charge in [0.15, 0.2) is 0 Å². The first-order valence-electron chi connectivity index (χ1n) is 8.61. The van der Waals surface area contributed by atoms with Crippen LogP contribution in [0, 0.1) is 6.92 Å². The smallest absolute Gasteiger partial charge is 0.217 e. The number of aryl methyl sites for hydroxylation is 1. The molecule has 0 aliphatic carbocycles. The van der Waals surface area contributed by atoms with E-state index < -0.39 is 8.15 Å². The molecule has 0 aliphatic rings. The Balaban J connectivity index is 0.00000364. The summed E-state index contributed by atoms with van der Waals surface area (Å²) in [6.45, 7) is 7.74. The third kappa shape index (κ3) is 6.91. The summed E-state index contributed by atoms with van der Waals surface area (Å²) in [4.78, 5) is 13.2. The zero-order chi connectivity index (χ0) is 18.9. The second-order valence-electron chi connectivity index (χ2n) is 5.49. The van der Waals surface area contributed by atoms with Crippen LogP contribution in [0.4, 0.5) is 0 Å². The monoisotopic (exact) mass is 401 g/mol. The van der Waals surface area contributed by atoms with Crippen LogP contribution in [0.25, 0.3) is 0 Å². The van der Waals surface area contributed by atoms with Crippen molar-refractivity contribution in [1.82, 2.24) is 0 Å². The van der Waals surface area contributed by atoms with E-state index in [1.54, 1.807) is 6.07 Å². The SMILES string of the molecule is CCOCCOP(C(=O)c1c(C)cccc1Cl)c1ccc(OCC)cc1.[Li]. The fourth-order valence-corrected chi connectivity index (χ4v) is 4.48. The summed E-state index contributed by atoms with van der Waals surface area (Å²) in [6, 6.07) is 12.9. The molecule has 0 saturated carbocycles. The van der Waals surface area contributed by atoms with E-state index in [9.17, 15) is 4.79 Å². The number of hydrogen-bond donors (Lipinski definition) is 0. The molecule has 0 heterocycles. The zero-order valence-corrected chi connectivity index (χ0v) is 18.0. The van der Waals surface area contributed by atoms with E-state index in [2.05, 4.69) is 0 Å². The first-order chi connectivity index (χ1) is 12.6. The van der Waals surface area contributed by atoms with Gasteiger partial charge in [-0.15, -0.1) is 0 Å². The minimum absolute atomic E-state index is 0. The van der Waals surface area contributed by atoms with E-state index in [4.69, 9.17) is 25.6 Å². The van der Waals surface area contributed by atoms with Crippen LogP contribution < -0.4 is 10.0 Å². The molecular formula is C20H24ClLiO4P. The first-order valence-corrected chi connectivity index (χ1v) is 10.2. The molecule has 141 valence electrons. The summed E-state index contributed by atoms with van der Waals surface area (Å²) in [5, 5.41) is 1.27. The fraction of sp³-hybridized carbons (Fsp3) is 0.350. The molecule has 0 amide bonds. The Morgan fingerprint density at radius 2 is 1.74 bits per heavy atom. The maximum atomic E-state index is 13.2. The largest absolute Gasteiger partial charge is 0.494 e. The van der Waals surface area contributed by atoms with Gasteiger partial charge in [-0.25, -0.2) is 0 Å². The second kappa shape index (κ2) is 12.6. The van der Waals surface area contributed by atoms with Crippen LogP contribution >= 0.6 is 19.7 Å². The van der Waals surface area contributed by atoms with Crippen molar-refractivity contribution in [2.45, 2.75) is 20.8 Å². The molecule has 0 bridgehead atoms. The molecule has 27 heavy (non-hydrogen) atoms. The summed E-state index contributed by atoms with van der Waals surface area (Å²) in [5.74, 6) is 0.766. The van der Waals surface area contributed by atoms with E-state index in [1.807, 2.05) is 57.2 Å². The van der Waals surface area contributed by atoms with Gasteiger partial charge in [-0.1, -0.05) is 23.7 Å². The van der Waals surface area contributed by atoms with Crippen LogP contribution in [0.3, 0.4) is 0 Å². The molecule has 1 radical (unpaired) electrons. The van der Waals surface area contributed by atoms with Crippen LogP contribution in [-0.2, 0) is 9.26 Å². The second-order valence-corrected chi connectivity index (χ2v) is 7.67. The Morgan fingerprint density at radius 1 is 1.04 bits per heavy atom. The summed E-state index contributed by atoms with van der Waals surface area (Å²) >= 11 is 6.30. The van der Waals surface area contributed by atoms with Gasteiger partial charge in [-0.05, 0) is 56.7 Å². The quantitative estimate of drug-likeness (QED) is 0.332. The van der Waals surface area contributed by atoms with Gasteiger partial charge in [0.05, 0.1) is 24.8 Å². The summed E-state index contributed by atoms with van der Waals surface area (Å²) < 4.78 is 16.8. The zero-order valence-electron chi connectivity index (χ0n) is 16.3. The van der Waals surface area contributed by atoms with Crippen molar-refractivity contribution < 1.29 is 18.8 Å². The Bertz CT molecular complexity index is 704. The molecule has 7 heteroatoms. The van der Waals surface area contributed by atoms with Crippen molar-refractivity contribution in [3.8, 4) is 5.75 Å². The number of benzene rings is 2. The van der Waals surface area contributed by atoms with Gasteiger partial charge in [-0.2, -0.15) is 0 Å². The molecular weight excluding hydrogens is 378 g/mol. The molecule has 0 N–H and O–H groups in total. The number of carbonyl (C=O) groups is 1. The molecule has 0 aliphatic heterocycles. The van der Waals surface area contributed by atoms with Gasteiger partial charge in [0.1, 0.15) is 13.9 Å². The predicted molar refractivity (Wildman–Crippen MR) is 113 cm³/mol.